The summed E-state index contributed by atoms with van der Waals surface area (Å²) in [6.07, 6.45) is 2.31. The molecule has 1 heterocycles. The molecule has 2 aromatic rings. The van der Waals surface area contributed by atoms with Crippen LogP contribution in [0.3, 0.4) is 0 Å². The minimum absolute atomic E-state index is 0.465. The van der Waals surface area contributed by atoms with Crippen molar-refractivity contribution in [1.29, 1.82) is 0 Å². The summed E-state index contributed by atoms with van der Waals surface area (Å²) in [4.78, 5) is 1.03. The molecule has 0 atom stereocenters. The van der Waals surface area contributed by atoms with Crippen molar-refractivity contribution < 1.29 is 0 Å². The van der Waals surface area contributed by atoms with Crippen molar-refractivity contribution >= 4 is 29.1 Å². The van der Waals surface area contributed by atoms with Crippen molar-refractivity contribution in [2.75, 3.05) is 5.73 Å². The van der Waals surface area contributed by atoms with Gasteiger partial charge in [-0.05, 0) is 59.7 Å². The molecule has 0 amide bonds. The number of tetrazole rings is 1. The first kappa shape index (κ1) is 11.8. The van der Waals surface area contributed by atoms with Crippen LogP contribution in [0, 0.1) is 6.92 Å². The number of hydrogen-bond donors (Lipinski definition) is 1. The standard InChI is InChI=1S/C11H12ClN5S/c1-6-4-9(13)8(12)5-10(6)18-11-14-15-16-17(11)7-2-3-7/h4-5,7H,2-3,13H2,1H3. The van der Waals surface area contributed by atoms with Gasteiger partial charge in [-0.3, -0.25) is 0 Å². The maximum absolute atomic E-state index is 6.04. The highest BCUT2D eigenvalue weighted by molar-refractivity contribution is 7.99. The van der Waals surface area contributed by atoms with Crippen molar-refractivity contribution in [1.82, 2.24) is 20.2 Å². The quantitative estimate of drug-likeness (QED) is 0.876. The Morgan fingerprint density at radius 3 is 2.94 bits per heavy atom. The fourth-order valence-corrected chi connectivity index (χ4v) is 2.87. The third-order valence-electron chi connectivity index (χ3n) is 2.85. The summed E-state index contributed by atoms with van der Waals surface area (Å²) in [5.74, 6) is 0. The van der Waals surface area contributed by atoms with E-state index in [0.717, 1.165) is 28.5 Å². The molecule has 2 N–H and O–H groups in total. The Morgan fingerprint density at radius 2 is 2.22 bits per heavy atom. The number of nitrogens with zero attached hydrogens (tertiary/aromatic N) is 4. The first-order valence-electron chi connectivity index (χ1n) is 5.66. The van der Waals surface area contributed by atoms with Gasteiger partial charge in [-0.2, -0.15) is 0 Å². The number of benzene rings is 1. The number of hydrogen-bond acceptors (Lipinski definition) is 5. The zero-order valence-corrected chi connectivity index (χ0v) is 11.4. The number of anilines is 1. The van der Waals surface area contributed by atoms with E-state index in [1.165, 1.54) is 11.8 Å². The summed E-state index contributed by atoms with van der Waals surface area (Å²) in [6, 6.07) is 4.20. The summed E-state index contributed by atoms with van der Waals surface area (Å²) in [7, 11) is 0. The number of nitrogens with two attached hydrogens (primary N) is 1. The van der Waals surface area contributed by atoms with Gasteiger partial charge in [0.1, 0.15) is 0 Å². The van der Waals surface area contributed by atoms with E-state index < -0.39 is 0 Å². The Bertz CT molecular complexity index is 593. The zero-order chi connectivity index (χ0) is 12.7. The van der Waals surface area contributed by atoms with Crippen molar-refractivity contribution in [2.45, 2.75) is 35.9 Å². The van der Waals surface area contributed by atoms with E-state index in [4.69, 9.17) is 17.3 Å². The highest BCUT2D eigenvalue weighted by Gasteiger charge is 2.28. The molecular weight excluding hydrogens is 270 g/mol. The van der Waals surface area contributed by atoms with Gasteiger partial charge in [0.15, 0.2) is 0 Å². The van der Waals surface area contributed by atoms with Crippen LogP contribution in [-0.4, -0.2) is 20.2 Å². The van der Waals surface area contributed by atoms with Crippen LogP contribution in [0.4, 0.5) is 5.69 Å². The van der Waals surface area contributed by atoms with E-state index in [9.17, 15) is 0 Å². The van der Waals surface area contributed by atoms with Crippen molar-refractivity contribution in [3.05, 3.63) is 22.7 Å². The Labute approximate surface area is 114 Å². The molecule has 1 aliphatic rings. The average Bonchev–Trinajstić information content (AvgIpc) is 3.07. The Kier molecular flexibility index (Phi) is 2.91. The Morgan fingerprint density at radius 1 is 1.44 bits per heavy atom. The molecule has 0 saturated heterocycles. The highest BCUT2D eigenvalue weighted by Crippen LogP contribution is 2.39. The number of aromatic nitrogens is 4. The van der Waals surface area contributed by atoms with Gasteiger partial charge in [0.2, 0.25) is 5.16 Å². The first-order valence-corrected chi connectivity index (χ1v) is 6.86. The zero-order valence-electron chi connectivity index (χ0n) is 9.80. The summed E-state index contributed by atoms with van der Waals surface area (Å²) < 4.78 is 1.88. The molecule has 18 heavy (non-hydrogen) atoms. The lowest BCUT2D eigenvalue weighted by atomic mass is 10.2. The third-order valence-corrected chi connectivity index (χ3v) is 4.29. The highest BCUT2D eigenvalue weighted by atomic mass is 35.5. The van der Waals surface area contributed by atoms with Crippen LogP contribution in [0.15, 0.2) is 22.2 Å². The molecule has 1 fully saturated rings. The molecule has 0 radical (unpaired) electrons. The normalized spacial score (nSPS) is 15.0. The van der Waals surface area contributed by atoms with E-state index in [1.807, 2.05) is 23.7 Å². The van der Waals surface area contributed by atoms with Crippen molar-refractivity contribution in [3.8, 4) is 0 Å². The Balaban J connectivity index is 1.92. The minimum Gasteiger partial charge on any atom is -0.398 e. The molecule has 1 aromatic carbocycles. The second kappa shape index (κ2) is 4.44. The van der Waals surface area contributed by atoms with Crippen molar-refractivity contribution in [3.63, 3.8) is 0 Å². The van der Waals surface area contributed by atoms with E-state index >= 15 is 0 Å². The molecule has 94 valence electrons. The van der Waals surface area contributed by atoms with Gasteiger partial charge in [0.05, 0.1) is 16.8 Å². The van der Waals surface area contributed by atoms with Gasteiger partial charge in [0.25, 0.3) is 0 Å². The van der Waals surface area contributed by atoms with Crippen LogP contribution < -0.4 is 5.73 Å². The van der Waals surface area contributed by atoms with Crippen LogP contribution in [0.25, 0.3) is 0 Å². The molecular formula is C11H12ClN5S. The molecule has 0 spiro atoms. The van der Waals surface area contributed by atoms with E-state index in [2.05, 4.69) is 15.5 Å². The van der Waals surface area contributed by atoms with Gasteiger partial charge in [-0.25, -0.2) is 4.68 Å². The molecule has 1 saturated carbocycles. The number of nitrogen functional groups attached to an aromatic ring is 1. The van der Waals surface area contributed by atoms with Crippen LogP contribution >= 0.6 is 23.4 Å². The molecule has 1 aromatic heterocycles. The second-order valence-electron chi connectivity index (χ2n) is 4.38. The number of halogens is 1. The maximum atomic E-state index is 6.04. The lowest BCUT2D eigenvalue weighted by Crippen LogP contribution is -1.99. The van der Waals surface area contributed by atoms with Gasteiger partial charge in [0, 0.05) is 4.90 Å². The van der Waals surface area contributed by atoms with Gasteiger partial charge < -0.3 is 5.73 Å². The van der Waals surface area contributed by atoms with Crippen LogP contribution in [-0.2, 0) is 0 Å². The molecule has 3 rings (SSSR count). The smallest absolute Gasteiger partial charge is 0.214 e. The monoisotopic (exact) mass is 281 g/mol. The second-order valence-corrected chi connectivity index (χ2v) is 5.79. The molecule has 0 aliphatic heterocycles. The first-order chi connectivity index (χ1) is 8.65. The van der Waals surface area contributed by atoms with Crippen molar-refractivity contribution in [2.24, 2.45) is 0 Å². The Hall–Kier alpha value is -1.27. The van der Waals surface area contributed by atoms with E-state index in [1.54, 1.807) is 0 Å². The molecule has 0 unspecified atom stereocenters. The predicted octanol–water partition coefficient (Wildman–Crippen LogP) is 2.70. The molecule has 7 heteroatoms. The summed E-state index contributed by atoms with van der Waals surface area (Å²) in [5.41, 5.74) is 7.44. The van der Waals surface area contributed by atoms with E-state index in [0.29, 0.717) is 16.8 Å². The molecule has 1 aliphatic carbocycles. The lowest BCUT2D eigenvalue weighted by molar-refractivity contribution is 0.565. The topological polar surface area (TPSA) is 69.6 Å². The lowest BCUT2D eigenvalue weighted by Gasteiger charge is -2.07. The fourth-order valence-electron chi connectivity index (χ4n) is 1.69. The summed E-state index contributed by atoms with van der Waals surface area (Å²) >= 11 is 7.57. The van der Waals surface area contributed by atoms with Crippen LogP contribution in [0.5, 0.6) is 0 Å². The predicted molar refractivity (Wildman–Crippen MR) is 70.8 cm³/mol. The van der Waals surface area contributed by atoms with Gasteiger partial charge in [-0.15, -0.1) is 5.10 Å². The minimum atomic E-state index is 0.465. The fraction of sp³-hybridized carbons (Fsp3) is 0.364. The molecule has 5 nitrogen and oxygen atoms in total. The largest absolute Gasteiger partial charge is 0.398 e. The third kappa shape index (κ3) is 2.18. The number of rotatable bonds is 3. The molecule has 0 bridgehead atoms. The summed E-state index contributed by atoms with van der Waals surface area (Å²) in [6.45, 7) is 2.00. The van der Waals surface area contributed by atoms with E-state index in [-0.39, 0.29) is 0 Å². The van der Waals surface area contributed by atoms with Gasteiger partial charge in [-0.1, -0.05) is 11.6 Å². The maximum Gasteiger partial charge on any atom is 0.214 e. The SMILES string of the molecule is Cc1cc(N)c(Cl)cc1Sc1nnnn1C1CC1. The number of aryl methyl sites for hydroxylation is 1. The van der Waals surface area contributed by atoms with Crippen LogP contribution in [0.1, 0.15) is 24.4 Å². The van der Waals surface area contributed by atoms with Crippen LogP contribution in [0.2, 0.25) is 5.02 Å². The average molecular weight is 282 g/mol. The summed E-state index contributed by atoms with van der Waals surface area (Å²) in [5, 5.41) is 13.2. The van der Waals surface area contributed by atoms with Gasteiger partial charge >= 0.3 is 0 Å².